The molecule has 2 heterocycles. The van der Waals surface area contributed by atoms with Crippen LogP contribution in [0.25, 0.3) is 11.3 Å². The predicted octanol–water partition coefficient (Wildman–Crippen LogP) is 4.97. The fourth-order valence-electron chi connectivity index (χ4n) is 3.49. The number of ether oxygens (including phenoxy) is 2. The minimum Gasteiger partial charge on any atom is -0.462 e. The van der Waals surface area contributed by atoms with Crippen LogP contribution in [0.2, 0.25) is 0 Å². The Bertz CT molecular complexity index is 1100. The van der Waals surface area contributed by atoms with Gasteiger partial charge in [0.05, 0.1) is 31.1 Å². The number of amides is 1. The van der Waals surface area contributed by atoms with E-state index in [0.29, 0.717) is 43.3 Å². The highest BCUT2D eigenvalue weighted by molar-refractivity contribution is 9.10. The summed E-state index contributed by atoms with van der Waals surface area (Å²) < 4.78 is 17.3. The minimum absolute atomic E-state index is 0.179. The lowest BCUT2D eigenvalue weighted by molar-refractivity contribution is 0.0526. The molecule has 3 aromatic rings. The molecule has 1 aliphatic heterocycles. The number of furan rings is 1. The number of carbonyl (C=O) groups is 2. The number of anilines is 2. The van der Waals surface area contributed by atoms with E-state index in [1.807, 2.05) is 30.3 Å². The summed E-state index contributed by atoms with van der Waals surface area (Å²) >= 11 is 3.40. The van der Waals surface area contributed by atoms with Crippen molar-refractivity contribution < 1.29 is 23.5 Å². The van der Waals surface area contributed by atoms with Crippen molar-refractivity contribution in [1.82, 2.24) is 0 Å². The number of hydrogen-bond donors (Lipinski definition) is 1. The highest BCUT2D eigenvalue weighted by Gasteiger charge is 2.21. The molecule has 0 bridgehead atoms. The largest absolute Gasteiger partial charge is 0.462 e. The standard InChI is InChI=1S/C24H23BrN2O5/c1-2-31-24(29)19-15-18(7-8-20(19)27-11-13-30-14-12-27)26-23(28)22-10-9-21(32-22)16-3-5-17(25)6-4-16/h3-10,15H,2,11-14H2,1H3,(H,26,28). The second-order valence-corrected chi connectivity index (χ2v) is 8.09. The lowest BCUT2D eigenvalue weighted by Gasteiger charge is -2.30. The Morgan fingerprint density at radius 1 is 1.06 bits per heavy atom. The molecule has 0 unspecified atom stereocenters. The van der Waals surface area contributed by atoms with E-state index in [-0.39, 0.29) is 12.4 Å². The van der Waals surface area contributed by atoms with Gasteiger partial charge in [-0.1, -0.05) is 28.1 Å². The summed E-state index contributed by atoms with van der Waals surface area (Å²) in [5.41, 5.74) is 2.52. The topological polar surface area (TPSA) is 81.0 Å². The number of benzene rings is 2. The quantitative estimate of drug-likeness (QED) is 0.483. The van der Waals surface area contributed by atoms with Crippen LogP contribution in [0.1, 0.15) is 27.8 Å². The van der Waals surface area contributed by atoms with Crippen molar-refractivity contribution in [2.24, 2.45) is 0 Å². The Kier molecular flexibility index (Phi) is 6.92. The number of nitrogens with one attached hydrogen (secondary N) is 1. The molecule has 7 nitrogen and oxygen atoms in total. The fraction of sp³-hybridized carbons (Fsp3) is 0.250. The highest BCUT2D eigenvalue weighted by Crippen LogP contribution is 2.28. The van der Waals surface area contributed by atoms with E-state index < -0.39 is 11.9 Å². The number of rotatable bonds is 6. The van der Waals surface area contributed by atoms with Gasteiger partial charge in [-0.3, -0.25) is 4.79 Å². The summed E-state index contributed by atoms with van der Waals surface area (Å²) in [6.07, 6.45) is 0. The van der Waals surface area contributed by atoms with Gasteiger partial charge in [0.15, 0.2) is 5.76 Å². The molecule has 1 amide bonds. The van der Waals surface area contributed by atoms with E-state index in [9.17, 15) is 9.59 Å². The van der Waals surface area contributed by atoms with Crippen LogP contribution in [0, 0.1) is 0 Å². The molecule has 0 saturated carbocycles. The van der Waals surface area contributed by atoms with Crippen molar-refractivity contribution in [1.29, 1.82) is 0 Å². The maximum absolute atomic E-state index is 12.8. The van der Waals surface area contributed by atoms with Crippen LogP contribution >= 0.6 is 15.9 Å². The van der Waals surface area contributed by atoms with Crippen molar-refractivity contribution >= 4 is 39.2 Å². The van der Waals surface area contributed by atoms with Gasteiger partial charge in [-0.25, -0.2) is 4.79 Å². The summed E-state index contributed by atoms with van der Waals surface area (Å²) in [5, 5.41) is 2.81. The molecule has 0 atom stereocenters. The third-order valence-corrected chi connectivity index (χ3v) is 5.59. The SMILES string of the molecule is CCOC(=O)c1cc(NC(=O)c2ccc(-c3ccc(Br)cc3)o2)ccc1N1CCOCC1. The smallest absolute Gasteiger partial charge is 0.340 e. The number of halogens is 1. The lowest BCUT2D eigenvalue weighted by atomic mass is 10.1. The summed E-state index contributed by atoms with van der Waals surface area (Å²) in [4.78, 5) is 27.4. The first kappa shape index (κ1) is 22.1. The molecule has 1 saturated heterocycles. The summed E-state index contributed by atoms with van der Waals surface area (Å²) in [7, 11) is 0. The normalized spacial score (nSPS) is 13.6. The van der Waals surface area contributed by atoms with E-state index in [1.54, 1.807) is 31.2 Å². The van der Waals surface area contributed by atoms with Crippen LogP contribution in [0.4, 0.5) is 11.4 Å². The van der Waals surface area contributed by atoms with Crippen molar-refractivity contribution in [3.8, 4) is 11.3 Å². The second kappa shape index (κ2) is 10.0. The van der Waals surface area contributed by atoms with Crippen LogP contribution in [-0.2, 0) is 9.47 Å². The number of nitrogens with zero attached hydrogens (tertiary/aromatic N) is 1. The third kappa shape index (κ3) is 5.03. The van der Waals surface area contributed by atoms with Gasteiger partial charge in [0.25, 0.3) is 5.91 Å². The molecule has 1 N–H and O–H groups in total. The molecule has 32 heavy (non-hydrogen) atoms. The number of esters is 1. The van der Waals surface area contributed by atoms with Crippen molar-refractivity contribution in [3.05, 3.63) is 70.4 Å². The Balaban J connectivity index is 1.54. The average Bonchev–Trinajstić information content (AvgIpc) is 3.31. The molecule has 166 valence electrons. The van der Waals surface area contributed by atoms with Gasteiger partial charge in [-0.05, 0) is 49.4 Å². The maximum atomic E-state index is 12.8. The van der Waals surface area contributed by atoms with Crippen molar-refractivity contribution in [2.45, 2.75) is 6.92 Å². The van der Waals surface area contributed by atoms with Crippen molar-refractivity contribution in [2.75, 3.05) is 43.1 Å². The van der Waals surface area contributed by atoms with Gasteiger partial charge >= 0.3 is 5.97 Å². The average molecular weight is 499 g/mol. The molecular weight excluding hydrogens is 476 g/mol. The number of carbonyl (C=O) groups excluding carboxylic acids is 2. The zero-order valence-corrected chi connectivity index (χ0v) is 19.2. The Morgan fingerprint density at radius 2 is 1.81 bits per heavy atom. The van der Waals surface area contributed by atoms with Gasteiger partial charge in [0.2, 0.25) is 0 Å². The first-order valence-electron chi connectivity index (χ1n) is 10.4. The fourth-order valence-corrected chi connectivity index (χ4v) is 3.75. The molecule has 0 aliphatic carbocycles. The first-order valence-corrected chi connectivity index (χ1v) is 11.2. The van der Waals surface area contributed by atoms with Crippen molar-refractivity contribution in [3.63, 3.8) is 0 Å². The second-order valence-electron chi connectivity index (χ2n) is 7.18. The molecule has 1 aliphatic rings. The van der Waals surface area contributed by atoms with E-state index in [4.69, 9.17) is 13.9 Å². The van der Waals surface area contributed by atoms with Gasteiger partial charge in [0, 0.05) is 28.8 Å². The Morgan fingerprint density at radius 3 is 2.53 bits per heavy atom. The van der Waals surface area contributed by atoms with E-state index >= 15 is 0 Å². The monoisotopic (exact) mass is 498 g/mol. The van der Waals surface area contributed by atoms with Crippen LogP contribution in [0.3, 0.4) is 0 Å². The third-order valence-electron chi connectivity index (χ3n) is 5.06. The first-order chi connectivity index (χ1) is 15.5. The maximum Gasteiger partial charge on any atom is 0.340 e. The molecule has 2 aromatic carbocycles. The van der Waals surface area contributed by atoms with Crippen LogP contribution in [0.5, 0.6) is 0 Å². The summed E-state index contributed by atoms with van der Waals surface area (Å²) in [6, 6.07) is 16.2. The lowest BCUT2D eigenvalue weighted by Crippen LogP contribution is -2.37. The molecular formula is C24H23BrN2O5. The highest BCUT2D eigenvalue weighted by atomic mass is 79.9. The summed E-state index contributed by atoms with van der Waals surface area (Å²) in [5.74, 6) is -0.0571. The van der Waals surface area contributed by atoms with Gasteiger partial charge in [-0.2, -0.15) is 0 Å². The molecule has 0 spiro atoms. The van der Waals surface area contributed by atoms with Crippen LogP contribution < -0.4 is 10.2 Å². The summed E-state index contributed by atoms with van der Waals surface area (Å²) in [6.45, 7) is 4.59. The zero-order valence-electron chi connectivity index (χ0n) is 17.6. The number of hydrogen-bond acceptors (Lipinski definition) is 6. The minimum atomic E-state index is -0.430. The van der Waals surface area contributed by atoms with E-state index in [0.717, 1.165) is 15.7 Å². The van der Waals surface area contributed by atoms with E-state index in [1.165, 1.54) is 0 Å². The molecule has 1 aromatic heterocycles. The predicted molar refractivity (Wildman–Crippen MR) is 125 cm³/mol. The molecule has 1 fully saturated rings. The Labute approximate surface area is 194 Å². The van der Waals surface area contributed by atoms with Gasteiger partial charge in [-0.15, -0.1) is 0 Å². The van der Waals surface area contributed by atoms with Gasteiger partial charge in [0.1, 0.15) is 5.76 Å². The Hall–Kier alpha value is -3.10. The van der Waals surface area contributed by atoms with Crippen LogP contribution in [0.15, 0.2) is 63.5 Å². The van der Waals surface area contributed by atoms with E-state index in [2.05, 4.69) is 26.1 Å². The molecule has 4 rings (SSSR count). The van der Waals surface area contributed by atoms with Gasteiger partial charge < -0.3 is 24.1 Å². The molecule has 8 heteroatoms. The zero-order chi connectivity index (χ0) is 22.5. The number of morpholine rings is 1. The molecule has 0 radical (unpaired) electrons. The van der Waals surface area contributed by atoms with Crippen LogP contribution in [-0.4, -0.2) is 44.8 Å².